The first-order chi connectivity index (χ1) is 6.02. The molecule has 0 amide bonds. The molecule has 13 heavy (non-hydrogen) atoms. The molecule has 0 N–H and O–H groups in total. The minimum Gasteiger partial charge on any atom is -0.297 e. The second-order valence-electron chi connectivity index (χ2n) is 3.88. The second kappa shape index (κ2) is 3.92. The summed E-state index contributed by atoms with van der Waals surface area (Å²) in [6, 6.07) is 1.00. The standard InChI is InChI=1S/C10H19N3/c1-8(2)13(5)9(3)10-6-11-12(4)7-10/h6-9H,1-5H3. The largest absolute Gasteiger partial charge is 0.297 e. The molecule has 0 aromatic carbocycles. The smallest absolute Gasteiger partial charge is 0.0537 e. The molecule has 3 nitrogen and oxygen atoms in total. The van der Waals surface area contributed by atoms with Crippen LogP contribution in [0.5, 0.6) is 0 Å². The molecule has 0 aliphatic carbocycles. The average molecular weight is 181 g/mol. The van der Waals surface area contributed by atoms with Crippen molar-refractivity contribution in [3.05, 3.63) is 18.0 Å². The van der Waals surface area contributed by atoms with E-state index in [2.05, 4.69) is 44.0 Å². The molecule has 0 radical (unpaired) electrons. The van der Waals surface area contributed by atoms with Crippen molar-refractivity contribution in [2.75, 3.05) is 7.05 Å². The Morgan fingerprint density at radius 3 is 2.38 bits per heavy atom. The Balaban J connectivity index is 2.73. The summed E-state index contributed by atoms with van der Waals surface area (Å²) in [4.78, 5) is 2.33. The molecular weight excluding hydrogens is 162 g/mol. The molecule has 3 heteroatoms. The van der Waals surface area contributed by atoms with Crippen molar-refractivity contribution in [3.8, 4) is 0 Å². The SMILES string of the molecule is CC(C)N(C)C(C)c1cnn(C)c1. The topological polar surface area (TPSA) is 21.1 Å². The van der Waals surface area contributed by atoms with Gasteiger partial charge in [0, 0.05) is 30.9 Å². The summed E-state index contributed by atoms with van der Waals surface area (Å²) < 4.78 is 1.85. The Bertz CT molecular complexity index is 265. The zero-order chi connectivity index (χ0) is 10.0. The van der Waals surface area contributed by atoms with Crippen molar-refractivity contribution in [3.63, 3.8) is 0 Å². The Morgan fingerprint density at radius 2 is 2.00 bits per heavy atom. The van der Waals surface area contributed by atoms with E-state index in [-0.39, 0.29) is 0 Å². The lowest BCUT2D eigenvalue weighted by atomic mass is 10.1. The molecule has 0 spiro atoms. The predicted molar refractivity (Wildman–Crippen MR) is 54.5 cm³/mol. The van der Waals surface area contributed by atoms with E-state index in [1.54, 1.807) is 0 Å². The van der Waals surface area contributed by atoms with Gasteiger partial charge >= 0.3 is 0 Å². The van der Waals surface area contributed by atoms with Crippen molar-refractivity contribution in [2.24, 2.45) is 7.05 Å². The van der Waals surface area contributed by atoms with Gasteiger partial charge in [0.1, 0.15) is 0 Å². The molecule has 0 fully saturated rings. The third kappa shape index (κ3) is 2.31. The molecule has 1 rings (SSSR count). The number of hydrogen-bond donors (Lipinski definition) is 0. The lowest BCUT2D eigenvalue weighted by Crippen LogP contribution is -2.29. The maximum atomic E-state index is 4.17. The summed E-state index contributed by atoms with van der Waals surface area (Å²) in [7, 11) is 4.09. The van der Waals surface area contributed by atoms with Gasteiger partial charge in [0.25, 0.3) is 0 Å². The van der Waals surface area contributed by atoms with Gasteiger partial charge in [-0.3, -0.25) is 9.58 Å². The van der Waals surface area contributed by atoms with Crippen molar-refractivity contribution in [1.82, 2.24) is 14.7 Å². The van der Waals surface area contributed by atoms with Crippen molar-refractivity contribution < 1.29 is 0 Å². The third-order valence-corrected chi connectivity index (χ3v) is 2.63. The predicted octanol–water partition coefficient (Wildman–Crippen LogP) is 1.82. The lowest BCUT2D eigenvalue weighted by molar-refractivity contribution is 0.210. The van der Waals surface area contributed by atoms with Crippen LogP contribution in [0.4, 0.5) is 0 Å². The van der Waals surface area contributed by atoms with E-state index in [1.807, 2.05) is 17.9 Å². The minimum atomic E-state index is 0.439. The van der Waals surface area contributed by atoms with Gasteiger partial charge in [-0.25, -0.2) is 0 Å². The summed E-state index contributed by atoms with van der Waals surface area (Å²) in [6.45, 7) is 6.61. The Hall–Kier alpha value is -0.830. The monoisotopic (exact) mass is 181 g/mol. The van der Waals surface area contributed by atoms with Crippen LogP contribution in [-0.4, -0.2) is 27.8 Å². The van der Waals surface area contributed by atoms with Crippen LogP contribution in [0.3, 0.4) is 0 Å². The molecule has 1 heterocycles. The van der Waals surface area contributed by atoms with E-state index in [1.165, 1.54) is 5.56 Å². The zero-order valence-corrected chi connectivity index (χ0v) is 9.15. The minimum absolute atomic E-state index is 0.439. The highest BCUT2D eigenvalue weighted by molar-refractivity contribution is 5.09. The third-order valence-electron chi connectivity index (χ3n) is 2.63. The van der Waals surface area contributed by atoms with E-state index >= 15 is 0 Å². The highest BCUT2D eigenvalue weighted by Gasteiger charge is 2.14. The summed E-state index contributed by atoms with van der Waals surface area (Å²) in [5.74, 6) is 0. The van der Waals surface area contributed by atoms with Gasteiger partial charge in [-0.15, -0.1) is 0 Å². The van der Waals surface area contributed by atoms with Crippen molar-refractivity contribution >= 4 is 0 Å². The highest BCUT2D eigenvalue weighted by Crippen LogP contribution is 2.19. The summed E-state index contributed by atoms with van der Waals surface area (Å²) >= 11 is 0. The van der Waals surface area contributed by atoms with E-state index in [4.69, 9.17) is 0 Å². The molecule has 1 unspecified atom stereocenters. The second-order valence-corrected chi connectivity index (χ2v) is 3.88. The fraction of sp³-hybridized carbons (Fsp3) is 0.700. The average Bonchev–Trinajstić information content (AvgIpc) is 2.49. The van der Waals surface area contributed by atoms with Gasteiger partial charge in [0.05, 0.1) is 6.20 Å². The van der Waals surface area contributed by atoms with Crippen molar-refractivity contribution in [1.29, 1.82) is 0 Å². The summed E-state index contributed by atoms with van der Waals surface area (Å²) in [5, 5.41) is 4.17. The Labute approximate surface area is 80.4 Å². The maximum absolute atomic E-state index is 4.17. The van der Waals surface area contributed by atoms with Crippen LogP contribution in [0.25, 0.3) is 0 Å². The normalized spacial score (nSPS) is 14.1. The number of aromatic nitrogens is 2. The van der Waals surface area contributed by atoms with Crippen LogP contribution < -0.4 is 0 Å². The summed E-state index contributed by atoms with van der Waals surface area (Å²) in [5.41, 5.74) is 1.28. The highest BCUT2D eigenvalue weighted by atomic mass is 15.2. The van der Waals surface area contributed by atoms with E-state index in [9.17, 15) is 0 Å². The fourth-order valence-electron chi connectivity index (χ4n) is 1.34. The van der Waals surface area contributed by atoms with Gasteiger partial charge in [0.15, 0.2) is 0 Å². The van der Waals surface area contributed by atoms with Gasteiger partial charge in [0.2, 0.25) is 0 Å². The lowest BCUT2D eigenvalue weighted by Gasteiger charge is -2.27. The van der Waals surface area contributed by atoms with Crippen LogP contribution in [0, 0.1) is 0 Å². The van der Waals surface area contributed by atoms with E-state index in [0.717, 1.165) is 0 Å². The van der Waals surface area contributed by atoms with Crippen molar-refractivity contribution in [2.45, 2.75) is 32.9 Å². The number of aryl methyl sites for hydroxylation is 1. The fourth-order valence-corrected chi connectivity index (χ4v) is 1.34. The van der Waals surface area contributed by atoms with Gasteiger partial charge < -0.3 is 0 Å². The maximum Gasteiger partial charge on any atom is 0.0537 e. The molecule has 0 aliphatic rings. The van der Waals surface area contributed by atoms with Crippen LogP contribution in [0.1, 0.15) is 32.4 Å². The molecular formula is C10H19N3. The summed E-state index contributed by atoms with van der Waals surface area (Å²) in [6.07, 6.45) is 4.01. The van der Waals surface area contributed by atoms with Crippen LogP contribution in [0.15, 0.2) is 12.4 Å². The first-order valence-electron chi connectivity index (χ1n) is 4.73. The van der Waals surface area contributed by atoms with Crippen LogP contribution >= 0.6 is 0 Å². The molecule has 1 aromatic rings. The first-order valence-corrected chi connectivity index (χ1v) is 4.73. The molecule has 0 bridgehead atoms. The molecule has 0 saturated heterocycles. The number of nitrogens with zero attached hydrogens (tertiary/aromatic N) is 3. The quantitative estimate of drug-likeness (QED) is 0.709. The first kappa shape index (κ1) is 10.3. The van der Waals surface area contributed by atoms with Crippen LogP contribution in [-0.2, 0) is 7.05 Å². The number of rotatable bonds is 3. The molecule has 0 aliphatic heterocycles. The number of hydrogen-bond acceptors (Lipinski definition) is 2. The molecule has 1 aromatic heterocycles. The van der Waals surface area contributed by atoms with Gasteiger partial charge in [-0.1, -0.05) is 0 Å². The van der Waals surface area contributed by atoms with E-state index < -0.39 is 0 Å². The zero-order valence-electron chi connectivity index (χ0n) is 9.15. The molecule has 0 saturated carbocycles. The van der Waals surface area contributed by atoms with Gasteiger partial charge in [-0.2, -0.15) is 5.10 Å². The molecule has 74 valence electrons. The Kier molecular flexibility index (Phi) is 3.09. The van der Waals surface area contributed by atoms with Crippen LogP contribution in [0.2, 0.25) is 0 Å². The Morgan fingerprint density at radius 1 is 1.38 bits per heavy atom. The van der Waals surface area contributed by atoms with E-state index in [0.29, 0.717) is 12.1 Å². The molecule has 1 atom stereocenters. The van der Waals surface area contributed by atoms with Gasteiger partial charge in [-0.05, 0) is 27.8 Å².